The van der Waals surface area contributed by atoms with Gasteiger partial charge in [0.05, 0.1) is 18.0 Å². The molecule has 6 nitrogen and oxygen atoms in total. The van der Waals surface area contributed by atoms with Gasteiger partial charge < -0.3 is 21.1 Å². The van der Waals surface area contributed by atoms with Crippen LogP contribution in [0.5, 0.6) is 0 Å². The van der Waals surface area contributed by atoms with E-state index in [4.69, 9.17) is 17.3 Å². The average molecular weight is 306 g/mol. The number of benzene rings is 1. The van der Waals surface area contributed by atoms with Gasteiger partial charge in [0, 0.05) is 24.5 Å². The van der Waals surface area contributed by atoms with E-state index in [1.807, 2.05) is 24.3 Å². The van der Waals surface area contributed by atoms with Gasteiger partial charge in [-0.05, 0) is 42.3 Å². The number of aliphatic hydroxyl groups is 1. The summed E-state index contributed by atoms with van der Waals surface area (Å²) in [6.45, 7) is 1.56. The zero-order chi connectivity index (χ0) is 14.8. The molecule has 1 atom stereocenters. The quantitative estimate of drug-likeness (QED) is 0.752. The maximum Gasteiger partial charge on any atom is 0.224 e. The lowest BCUT2D eigenvalue weighted by molar-refractivity contribution is 0.198. The Bertz CT molecular complexity index is 634. The van der Waals surface area contributed by atoms with Crippen LogP contribution in [0.25, 0.3) is 0 Å². The van der Waals surface area contributed by atoms with Gasteiger partial charge in [-0.15, -0.1) is 0 Å². The monoisotopic (exact) mass is 305 g/mol. The number of hydrogen-bond donors (Lipinski definition) is 3. The predicted octanol–water partition coefficient (Wildman–Crippen LogP) is 2.03. The molecule has 2 aromatic rings. The van der Waals surface area contributed by atoms with Crippen molar-refractivity contribution < 1.29 is 5.11 Å². The standard InChI is InChI=1S/C14H16ClN5O/c15-14-17-7-12(16)13(19-14)18-9-1-3-10(4-2-9)20-6-5-11(21)8-20/h1-4,7,11,21H,5-6,8,16H2,(H,17,18,19). The molecule has 4 N–H and O–H groups in total. The van der Waals surface area contributed by atoms with E-state index in [2.05, 4.69) is 20.2 Å². The number of nitrogens with one attached hydrogen (secondary N) is 1. The summed E-state index contributed by atoms with van der Waals surface area (Å²) in [4.78, 5) is 10.0. The predicted molar refractivity (Wildman–Crippen MR) is 84.0 cm³/mol. The molecule has 21 heavy (non-hydrogen) atoms. The molecule has 7 heteroatoms. The maximum atomic E-state index is 9.57. The van der Waals surface area contributed by atoms with Gasteiger partial charge in [-0.2, -0.15) is 4.98 Å². The summed E-state index contributed by atoms with van der Waals surface area (Å²) < 4.78 is 0. The lowest BCUT2D eigenvalue weighted by atomic mass is 10.2. The molecule has 0 aliphatic carbocycles. The van der Waals surface area contributed by atoms with Crippen molar-refractivity contribution in [3.05, 3.63) is 35.7 Å². The second kappa shape index (κ2) is 5.75. The molecule has 3 rings (SSSR count). The number of anilines is 4. The highest BCUT2D eigenvalue weighted by Crippen LogP contribution is 2.25. The first kappa shape index (κ1) is 13.9. The third-order valence-electron chi connectivity index (χ3n) is 3.45. The number of β-amino-alcohol motifs (C(OH)–C–C–N with tert-alkyl or cyclic N) is 1. The molecule has 1 aromatic heterocycles. The van der Waals surface area contributed by atoms with Crippen LogP contribution in [0.15, 0.2) is 30.5 Å². The summed E-state index contributed by atoms with van der Waals surface area (Å²) >= 11 is 5.76. The van der Waals surface area contributed by atoms with Crippen molar-refractivity contribution in [2.75, 3.05) is 29.0 Å². The largest absolute Gasteiger partial charge is 0.394 e. The molecule has 1 aromatic carbocycles. The number of hydrogen-bond acceptors (Lipinski definition) is 6. The molecule has 1 aliphatic rings. The maximum absolute atomic E-state index is 9.57. The number of rotatable bonds is 3. The summed E-state index contributed by atoms with van der Waals surface area (Å²) in [5, 5.41) is 12.8. The minimum Gasteiger partial charge on any atom is -0.394 e. The first-order valence-electron chi connectivity index (χ1n) is 6.70. The minimum absolute atomic E-state index is 0.148. The number of nitrogens with two attached hydrogens (primary N) is 1. The Labute approximate surface area is 127 Å². The fraction of sp³-hybridized carbons (Fsp3) is 0.286. The molecule has 0 saturated carbocycles. The van der Waals surface area contributed by atoms with Crippen LogP contribution in [-0.2, 0) is 0 Å². The fourth-order valence-electron chi connectivity index (χ4n) is 2.34. The van der Waals surface area contributed by atoms with Crippen molar-refractivity contribution in [1.82, 2.24) is 9.97 Å². The highest BCUT2D eigenvalue weighted by molar-refractivity contribution is 6.28. The molecular weight excluding hydrogens is 290 g/mol. The molecule has 1 fully saturated rings. The SMILES string of the molecule is Nc1cnc(Cl)nc1Nc1ccc(N2CCC(O)C2)cc1. The van der Waals surface area contributed by atoms with Gasteiger partial charge >= 0.3 is 0 Å². The van der Waals surface area contributed by atoms with Crippen LogP contribution >= 0.6 is 11.6 Å². The van der Waals surface area contributed by atoms with Crippen molar-refractivity contribution in [3.63, 3.8) is 0 Å². The van der Waals surface area contributed by atoms with Crippen molar-refractivity contribution in [1.29, 1.82) is 0 Å². The number of aliphatic hydroxyl groups excluding tert-OH is 1. The Balaban J connectivity index is 1.74. The normalized spacial score (nSPS) is 18.0. The number of aromatic nitrogens is 2. The Morgan fingerprint density at radius 1 is 1.33 bits per heavy atom. The van der Waals surface area contributed by atoms with Crippen molar-refractivity contribution in [2.24, 2.45) is 0 Å². The zero-order valence-corrected chi connectivity index (χ0v) is 12.1. The molecule has 2 heterocycles. The molecule has 1 unspecified atom stereocenters. The van der Waals surface area contributed by atoms with E-state index in [0.717, 1.165) is 24.3 Å². The van der Waals surface area contributed by atoms with Gasteiger partial charge in [0.15, 0.2) is 5.82 Å². The third-order valence-corrected chi connectivity index (χ3v) is 3.63. The van der Waals surface area contributed by atoms with E-state index < -0.39 is 0 Å². The number of nitrogens with zero attached hydrogens (tertiary/aromatic N) is 3. The van der Waals surface area contributed by atoms with Crippen molar-refractivity contribution >= 4 is 34.5 Å². The topological polar surface area (TPSA) is 87.3 Å². The van der Waals surface area contributed by atoms with Crippen molar-refractivity contribution in [2.45, 2.75) is 12.5 Å². The van der Waals surface area contributed by atoms with E-state index in [9.17, 15) is 5.11 Å². The highest BCUT2D eigenvalue weighted by atomic mass is 35.5. The smallest absolute Gasteiger partial charge is 0.224 e. The molecule has 110 valence electrons. The van der Waals surface area contributed by atoms with Crippen LogP contribution in [0.1, 0.15) is 6.42 Å². The molecular formula is C14H16ClN5O. The zero-order valence-electron chi connectivity index (χ0n) is 11.3. The van der Waals surface area contributed by atoms with Crippen LogP contribution in [0.2, 0.25) is 5.28 Å². The van der Waals surface area contributed by atoms with E-state index in [1.165, 1.54) is 6.20 Å². The summed E-state index contributed by atoms with van der Waals surface area (Å²) in [5.41, 5.74) is 8.19. The van der Waals surface area contributed by atoms with Gasteiger partial charge in [-0.1, -0.05) is 0 Å². The summed E-state index contributed by atoms with van der Waals surface area (Å²) in [7, 11) is 0. The van der Waals surface area contributed by atoms with E-state index in [1.54, 1.807) is 0 Å². The van der Waals surface area contributed by atoms with Gasteiger partial charge in [0.25, 0.3) is 0 Å². The van der Waals surface area contributed by atoms with Gasteiger partial charge in [0.1, 0.15) is 0 Å². The summed E-state index contributed by atoms with van der Waals surface area (Å²) in [6, 6.07) is 7.88. The van der Waals surface area contributed by atoms with E-state index >= 15 is 0 Å². The Morgan fingerprint density at radius 3 is 2.76 bits per heavy atom. The lowest BCUT2D eigenvalue weighted by Gasteiger charge is -2.18. The molecule has 1 aliphatic heterocycles. The van der Waals surface area contributed by atoms with Crippen molar-refractivity contribution in [3.8, 4) is 0 Å². The van der Waals surface area contributed by atoms with Crippen LogP contribution in [-0.4, -0.2) is 34.3 Å². The molecule has 1 saturated heterocycles. The highest BCUT2D eigenvalue weighted by Gasteiger charge is 2.20. The summed E-state index contributed by atoms with van der Waals surface area (Å²) in [6.07, 6.45) is 2.05. The van der Waals surface area contributed by atoms with Crippen LogP contribution < -0.4 is 16.0 Å². The third kappa shape index (κ3) is 3.17. The first-order chi connectivity index (χ1) is 10.1. The molecule has 0 spiro atoms. The molecule has 0 amide bonds. The van der Waals surface area contributed by atoms with Gasteiger partial charge in [0.2, 0.25) is 5.28 Å². The second-order valence-electron chi connectivity index (χ2n) is 5.00. The van der Waals surface area contributed by atoms with Crippen LogP contribution in [0.4, 0.5) is 22.9 Å². The lowest BCUT2D eigenvalue weighted by Crippen LogP contribution is -2.20. The Hall–Kier alpha value is -2.05. The van der Waals surface area contributed by atoms with Gasteiger partial charge in [-0.25, -0.2) is 4.98 Å². The molecule has 0 bridgehead atoms. The minimum atomic E-state index is -0.231. The van der Waals surface area contributed by atoms with Gasteiger partial charge in [-0.3, -0.25) is 0 Å². The Morgan fingerprint density at radius 2 is 2.10 bits per heavy atom. The first-order valence-corrected chi connectivity index (χ1v) is 7.08. The molecule has 0 radical (unpaired) electrons. The number of halogens is 1. The Kier molecular flexibility index (Phi) is 3.81. The van der Waals surface area contributed by atoms with Crippen LogP contribution in [0.3, 0.4) is 0 Å². The number of nitrogen functional groups attached to an aromatic ring is 1. The van der Waals surface area contributed by atoms with E-state index in [-0.39, 0.29) is 11.4 Å². The fourth-order valence-corrected chi connectivity index (χ4v) is 2.47. The van der Waals surface area contributed by atoms with E-state index in [0.29, 0.717) is 18.1 Å². The average Bonchev–Trinajstić information content (AvgIpc) is 2.90. The second-order valence-corrected chi connectivity index (χ2v) is 5.34. The van der Waals surface area contributed by atoms with Crippen LogP contribution in [0, 0.1) is 0 Å². The summed E-state index contributed by atoms with van der Waals surface area (Å²) in [5.74, 6) is 0.486.